The fourth-order valence-electron chi connectivity index (χ4n) is 3.23. The molecule has 2 N–H and O–H groups in total. The Balaban J connectivity index is 1.36. The summed E-state index contributed by atoms with van der Waals surface area (Å²) in [7, 11) is 0. The molecular weight excluding hydrogens is 468 g/mol. The monoisotopic (exact) mass is 490 g/mol. The number of hydrazine groups is 1. The van der Waals surface area contributed by atoms with Gasteiger partial charge in [-0.25, -0.2) is 4.79 Å². The Morgan fingerprint density at radius 3 is 2.50 bits per heavy atom. The molecule has 0 radical (unpaired) electrons. The van der Waals surface area contributed by atoms with E-state index in [0.717, 1.165) is 5.56 Å². The second kappa shape index (κ2) is 11.3. The fraction of sp³-hybridized carbons (Fsp3) is 0.318. The van der Waals surface area contributed by atoms with Crippen LogP contribution in [0, 0.1) is 17.0 Å². The average molecular weight is 491 g/mol. The van der Waals surface area contributed by atoms with Gasteiger partial charge in [-0.3, -0.25) is 35.1 Å². The zero-order valence-corrected chi connectivity index (χ0v) is 19.1. The van der Waals surface area contributed by atoms with E-state index >= 15 is 0 Å². The molecule has 0 atom stereocenters. The molecule has 1 aromatic heterocycles. The van der Waals surface area contributed by atoms with Gasteiger partial charge in [0.15, 0.2) is 5.58 Å². The SMILES string of the molecule is Cc1cc(Cl)ccc1OCCCC(=O)NNC(=O)CCCn1c(=O)oc2cc([N+](=O)[O-])ccc21. The van der Waals surface area contributed by atoms with Crippen molar-refractivity contribution in [2.24, 2.45) is 0 Å². The van der Waals surface area contributed by atoms with E-state index < -0.39 is 16.6 Å². The van der Waals surface area contributed by atoms with Crippen LogP contribution in [0.2, 0.25) is 5.02 Å². The second-order valence-corrected chi connectivity index (χ2v) is 7.93. The number of fused-ring (bicyclic) bond motifs is 1. The first kappa shape index (κ1) is 24.8. The molecule has 1 heterocycles. The summed E-state index contributed by atoms with van der Waals surface area (Å²) in [6, 6.07) is 9.16. The first-order valence-electron chi connectivity index (χ1n) is 10.5. The van der Waals surface area contributed by atoms with Crippen molar-refractivity contribution in [3.63, 3.8) is 0 Å². The molecule has 0 bridgehead atoms. The van der Waals surface area contributed by atoms with Crippen LogP contribution in [0.25, 0.3) is 11.1 Å². The van der Waals surface area contributed by atoms with Crippen molar-refractivity contribution in [1.29, 1.82) is 0 Å². The van der Waals surface area contributed by atoms with E-state index in [1.54, 1.807) is 18.2 Å². The Hall–Kier alpha value is -3.86. The molecule has 3 rings (SSSR count). The van der Waals surface area contributed by atoms with Crippen molar-refractivity contribution in [3.05, 3.63) is 67.6 Å². The lowest BCUT2D eigenvalue weighted by Gasteiger charge is -2.10. The predicted octanol–water partition coefficient (Wildman–Crippen LogP) is 3.25. The average Bonchev–Trinajstić information content (AvgIpc) is 3.10. The second-order valence-electron chi connectivity index (χ2n) is 7.49. The van der Waals surface area contributed by atoms with Crippen LogP contribution in [0.3, 0.4) is 0 Å². The number of carbonyl (C=O) groups is 2. The zero-order valence-electron chi connectivity index (χ0n) is 18.3. The number of oxazole rings is 1. The maximum Gasteiger partial charge on any atom is 0.419 e. The van der Waals surface area contributed by atoms with Gasteiger partial charge in [0.2, 0.25) is 11.8 Å². The number of aryl methyl sites for hydroxylation is 2. The summed E-state index contributed by atoms with van der Waals surface area (Å²) in [5.41, 5.74) is 5.89. The number of nitrogens with zero attached hydrogens (tertiary/aromatic N) is 2. The predicted molar refractivity (Wildman–Crippen MR) is 124 cm³/mol. The van der Waals surface area contributed by atoms with Gasteiger partial charge in [0.1, 0.15) is 5.75 Å². The quantitative estimate of drug-likeness (QED) is 0.252. The Labute approximate surface area is 198 Å². The van der Waals surface area contributed by atoms with E-state index in [9.17, 15) is 24.5 Å². The lowest BCUT2D eigenvalue weighted by atomic mass is 10.2. The van der Waals surface area contributed by atoms with E-state index in [-0.39, 0.29) is 36.6 Å². The summed E-state index contributed by atoms with van der Waals surface area (Å²) >= 11 is 5.90. The first-order chi connectivity index (χ1) is 16.2. The molecule has 34 heavy (non-hydrogen) atoms. The topological polar surface area (TPSA) is 146 Å². The number of ether oxygens (including phenoxy) is 1. The summed E-state index contributed by atoms with van der Waals surface area (Å²) in [4.78, 5) is 46.1. The third-order valence-corrected chi connectivity index (χ3v) is 5.17. The van der Waals surface area contributed by atoms with Gasteiger partial charge in [0.05, 0.1) is 23.1 Å². The molecule has 0 unspecified atom stereocenters. The molecule has 11 nitrogen and oxygen atoms in total. The standard InChI is InChI=1S/C22H23ClN4O7/c1-14-12-15(23)6-9-18(14)33-11-3-5-21(29)25-24-20(28)4-2-10-26-17-8-7-16(27(31)32)13-19(17)34-22(26)30/h6-9,12-13H,2-5,10-11H2,1H3,(H,24,28)(H,25,29). The summed E-state index contributed by atoms with van der Waals surface area (Å²) < 4.78 is 12.0. The number of amides is 2. The van der Waals surface area contributed by atoms with Crippen molar-refractivity contribution in [2.45, 2.75) is 39.2 Å². The van der Waals surface area contributed by atoms with Crippen molar-refractivity contribution < 1.29 is 23.7 Å². The van der Waals surface area contributed by atoms with Crippen LogP contribution < -0.4 is 21.3 Å². The zero-order chi connectivity index (χ0) is 24.7. The fourth-order valence-corrected chi connectivity index (χ4v) is 3.46. The number of nitro groups is 1. The third kappa shape index (κ3) is 6.58. The highest BCUT2D eigenvalue weighted by Crippen LogP contribution is 2.22. The van der Waals surface area contributed by atoms with Gasteiger partial charge in [-0.1, -0.05) is 11.6 Å². The maximum atomic E-state index is 12.0. The maximum absolute atomic E-state index is 12.0. The number of hydrogen-bond donors (Lipinski definition) is 2. The van der Waals surface area contributed by atoms with Crippen LogP contribution in [-0.2, 0) is 16.1 Å². The Bertz CT molecular complexity index is 1270. The van der Waals surface area contributed by atoms with E-state index in [2.05, 4.69) is 10.9 Å². The first-order valence-corrected chi connectivity index (χ1v) is 10.9. The lowest BCUT2D eigenvalue weighted by Crippen LogP contribution is -2.41. The van der Waals surface area contributed by atoms with Crippen LogP contribution in [-0.4, -0.2) is 27.9 Å². The van der Waals surface area contributed by atoms with E-state index in [0.29, 0.717) is 35.7 Å². The number of halogens is 1. The number of rotatable bonds is 10. The molecule has 0 fully saturated rings. The van der Waals surface area contributed by atoms with Gasteiger partial charge < -0.3 is 9.15 Å². The van der Waals surface area contributed by atoms with Crippen LogP contribution in [0.5, 0.6) is 5.75 Å². The molecule has 2 amide bonds. The van der Waals surface area contributed by atoms with Crippen molar-refractivity contribution in [1.82, 2.24) is 15.4 Å². The minimum atomic E-state index is -0.666. The number of hydrogen-bond acceptors (Lipinski definition) is 7. The van der Waals surface area contributed by atoms with Gasteiger partial charge >= 0.3 is 5.76 Å². The molecule has 3 aromatic rings. The molecule has 0 aliphatic carbocycles. The summed E-state index contributed by atoms with van der Waals surface area (Å²) in [5.74, 6) is -0.748. The van der Waals surface area contributed by atoms with Gasteiger partial charge in [-0.15, -0.1) is 0 Å². The number of carbonyl (C=O) groups excluding carboxylic acids is 2. The van der Waals surface area contributed by atoms with Crippen LogP contribution in [0.1, 0.15) is 31.2 Å². The third-order valence-electron chi connectivity index (χ3n) is 4.93. The lowest BCUT2D eigenvalue weighted by molar-refractivity contribution is -0.384. The number of nitro benzene ring substituents is 1. The van der Waals surface area contributed by atoms with Gasteiger partial charge in [-0.05, 0) is 49.6 Å². The highest BCUT2D eigenvalue weighted by Gasteiger charge is 2.14. The highest BCUT2D eigenvalue weighted by molar-refractivity contribution is 6.30. The molecule has 12 heteroatoms. The van der Waals surface area contributed by atoms with Gasteiger partial charge in [0, 0.05) is 30.5 Å². The highest BCUT2D eigenvalue weighted by atomic mass is 35.5. The summed E-state index contributed by atoms with van der Waals surface area (Å²) in [5, 5.41) is 11.5. The molecule has 0 spiro atoms. The minimum Gasteiger partial charge on any atom is -0.493 e. The molecule has 0 aliphatic rings. The largest absolute Gasteiger partial charge is 0.493 e. The minimum absolute atomic E-state index is 0.0470. The molecular formula is C22H23ClN4O7. The normalized spacial score (nSPS) is 10.8. The van der Waals surface area contributed by atoms with Crippen molar-refractivity contribution in [2.75, 3.05) is 6.61 Å². The molecule has 0 aliphatic heterocycles. The van der Waals surface area contributed by atoms with E-state index in [4.69, 9.17) is 20.8 Å². The Morgan fingerprint density at radius 1 is 1.12 bits per heavy atom. The molecule has 180 valence electrons. The number of benzene rings is 2. The number of non-ortho nitro benzene ring substituents is 1. The Morgan fingerprint density at radius 2 is 1.82 bits per heavy atom. The molecule has 0 saturated carbocycles. The molecule has 0 saturated heterocycles. The number of nitrogens with one attached hydrogen (secondary N) is 2. The van der Waals surface area contributed by atoms with Gasteiger partial charge in [0.25, 0.3) is 5.69 Å². The summed E-state index contributed by atoms with van der Waals surface area (Å²) in [6.07, 6.45) is 0.959. The molecule has 2 aromatic carbocycles. The smallest absolute Gasteiger partial charge is 0.419 e. The summed E-state index contributed by atoms with van der Waals surface area (Å²) in [6.45, 7) is 2.38. The van der Waals surface area contributed by atoms with Crippen molar-refractivity contribution >= 4 is 40.2 Å². The van der Waals surface area contributed by atoms with E-state index in [1.165, 1.54) is 22.8 Å². The number of aromatic nitrogens is 1. The van der Waals surface area contributed by atoms with Crippen LogP contribution in [0.15, 0.2) is 45.6 Å². The van der Waals surface area contributed by atoms with Crippen molar-refractivity contribution in [3.8, 4) is 5.75 Å². The van der Waals surface area contributed by atoms with Gasteiger partial charge in [-0.2, -0.15) is 0 Å². The van der Waals surface area contributed by atoms with E-state index in [1.807, 2.05) is 6.92 Å². The van der Waals surface area contributed by atoms with Crippen LogP contribution in [0.4, 0.5) is 5.69 Å². The Kier molecular flexibility index (Phi) is 8.25. The van der Waals surface area contributed by atoms with Crippen LogP contribution >= 0.6 is 11.6 Å².